The summed E-state index contributed by atoms with van der Waals surface area (Å²) in [6, 6.07) is 7.69. The van der Waals surface area contributed by atoms with Crippen molar-refractivity contribution in [2.45, 2.75) is 6.61 Å². The van der Waals surface area contributed by atoms with Gasteiger partial charge >= 0.3 is 6.09 Å². The molecule has 1 aromatic carbocycles. The number of nitrogens with one attached hydrogen (secondary N) is 2. The molecule has 14 heavy (non-hydrogen) atoms. The Balaban J connectivity index is 2.47. The standard InChI is InChI=1S/C10H14N2O2/c1-11-9-5-3-8(4-6-9)7-14-10(13)12-2/h3-6,11H,7H2,1-2H3,(H,12,13). The minimum atomic E-state index is -0.414. The Kier molecular flexibility index (Phi) is 3.79. The second-order valence-electron chi connectivity index (χ2n) is 2.77. The molecule has 0 aliphatic heterocycles. The van der Waals surface area contributed by atoms with Crippen molar-refractivity contribution in [3.8, 4) is 0 Å². The summed E-state index contributed by atoms with van der Waals surface area (Å²) < 4.78 is 4.88. The molecule has 76 valence electrons. The smallest absolute Gasteiger partial charge is 0.407 e. The third-order valence-corrected chi connectivity index (χ3v) is 1.82. The predicted molar refractivity (Wildman–Crippen MR) is 55.2 cm³/mol. The number of amides is 1. The average Bonchev–Trinajstić information content (AvgIpc) is 2.26. The summed E-state index contributed by atoms with van der Waals surface area (Å²) in [5.74, 6) is 0. The van der Waals surface area contributed by atoms with E-state index < -0.39 is 6.09 Å². The third-order valence-electron chi connectivity index (χ3n) is 1.82. The Morgan fingerprint density at radius 3 is 2.43 bits per heavy atom. The van der Waals surface area contributed by atoms with Crippen LogP contribution in [-0.4, -0.2) is 20.2 Å². The molecular weight excluding hydrogens is 180 g/mol. The van der Waals surface area contributed by atoms with Crippen molar-refractivity contribution < 1.29 is 9.53 Å². The first-order valence-electron chi connectivity index (χ1n) is 4.37. The highest BCUT2D eigenvalue weighted by molar-refractivity contribution is 5.66. The lowest BCUT2D eigenvalue weighted by atomic mass is 10.2. The maximum absolute atomic E-state index is 10.8. The van der Waals surface area contributed by atoms with Gasteiger partial charge in [0.25, 0.3) is 0 Å². The molecule has 0 radical (unpaired) electrons. The van der Waals surface area contributed by atoms with E-state index in [9.17, 15) is 4.79 Å². The van der Waals surface area contributed by atoms with E-state index in [1.54, 1.807) is 0 Å². The molecule has 0 fully saturated rings. The van der Waals surface area contributed by atoms with Gasteiger partial charge in [0.2, 0.25) is 0 Å². The lowest BCUT2D eigenvalue weighted by molar-refractivity contribution is 0.142. The Bertz CT molecular complexity index is 295. The van der Waals surface area contributed by atoms with Crippen molar-refractivity contribution >= 4 is 11.8 Å². The number of carbonyl (C=O) groups is 1. The second kappa shape index (κ2) is 5.11. The number of hydrogen-bond donors (Lipinski definition) is 2. The lowest BCUT2D eigenvalue weighted by Gasteiger charge is -2.05. The molecule has 0 bridgehead atoms. The molecule has 1 rings (SSSR count). The summed E-state index contributed by atoms with van der Waals surface area (Å²) in [6.45, 7) is 0.295. The van der Waals surface area contributed by atoms with Crippen molar-refractivity contribution in [2.24, 2.45) is 0 Å². The van der Waals surface area contributed by atoms with Crippen molar-refractivity contribution in [1.29, 1.82) is 0 Å². The molecule has 0 atom stereocenters. The largest absolute Gasteiger partial charge is 0.445 e. The van der Waals surface area contributed by atoms with E-state index in [1.807, 2.05) is 31.3 Å². The van der Waals surface area contributed by atoms with Crippen LogP contribution in [0.2, 0.25) is 0 Å². The molecule has 0 aliphatic rings. The van der Waals surface area contributed by atoms with Crippen LogP contribution >= 0.6 is 0 Å². The summed E-state index contributed by atoms with van der Waals surface area (Å²) in [7, 11) is 3.39. The minimum Gasteiger partial charge on any atom is -0.445 e. The predicted octanol–water partition coefficient (Wildman–Crippen LogP) is 1.58. The van der Waals surface area contributed by atoms with Gasteiger partial charge in [-0.15, -0.1) is 0 Å². The Morgan fingerprint density at radius 2 is 1.93 bits per heavy atom. The van der Waals surface area contributed by atoms with E-state index in [0.29, 0.717) is 6.61 Å². The maximum Gasteiger partial charge on any atom is 0.407 e. The Labute approximate surface area is 83.3 Å². The summed E-state index contributed by atoms with van der Waals surface area (Å²) in [5, 5.41) is 5.39. The van der Waals surface area contributed by atoms with Crippen LogP contribution in [-0.2, 0) is 11.3 Å². The highest BCUT2D eigenvalue weighted by Gasteiger charge is 1.98. The van der Waals surface area contributed by atoms with Gasteiger partial charge in [-0.05, 0) is 17.7 Å². The Hall–Kier alpha value is -1.71. The first kappa shape index (κ1) is 10.4. The van der Waals surface area contributed by atoms with Gasteiger partial charge in [0, 0.05) is 19.8 Å². The summed E-state index contributed by atoms with van der Waals surface area (Å²) >= 11 is 0. The molecular formula is C10H14N2O2. The zero-order valence-electron chi connectivity index (χ0n) is 8.33. The van der Waals surface area contributed by atoms with Gasteiger partial charge < -0.3 is 15.4 Å². The van der Waals surface area contributed by atoms with E-state index in [0.717, 1.165) is 11.3 Å². The molecule has 0 saturated carbocycles. The van der Waals surface area contributed by atoms with Crippen LogP contribution in [0.4, 0.5) is 10.5 Å². The Morgan fingerprint density at radius 1 is 1.29 bits per heavy atom. The van der Waals surface area contributed by atoms with Crippen LogP contribution in [0.15, 0.2) is 24.3 Å². The van der Waals surface area contributed by atoms with Gasteiger partial charge in [-0.1, -0.05) is 12.1 Å². The molecule has 0 spiro atoms. The molecule has 0 saturated heterocycles. The van der Waals surface area contributed by atoms with Crippen LogP contribution in [0.1, 0.15) is 5.56 Å². The molecule has 1 aromatic rings. The van der Waals surface area contributed by atoms with Crippen molar-refractivity contribution in [3.63, 3.8) is 0 Å². The lowest BCUT2D eigenvalue weighted by Crippen LogP contribution is -2.18. The fraction of sp³-hybridized carbons (Fsp3) is 0.300. The van der Waals surface area contributed by atoms with Crippen LogP contribution in [0.25, 0.3) is 0 Å². The number of carbonyl (C=O) groups excluding carboxylic acids is 1. The van der Waals surface area contributed by atoms with Gasteiger partial charge in [0.15, 0.2) is 0 Å². The average molecular weight is 194 g/mol. The number of ether oxygens (including phenoxy) is 1. The highest BCUT2D eigenvalue weighted by Crippen LogP contribution is 2.09. The first-order valence-corrected chi connectivity index (χ1v) is 4.37. The highest BCUT2D eigenvalue weighted by atomic mass is 16.5. The summed E-state index contributed by atoms with van der Waals surface area (Å²) in [5.41, 5.74) is 2.00. The second-order valence-corrected chi connectivity index (χ2v) is 2.77. The normalized spacial score (nSPS) is 9.29. The van der Waals surface area contributed by atoms with Crippen molar-refractivity contribution in [3.05, 3.63) is 29.8 Å². The SMILES string of the molecule is CNC(=O)OCc1ccc(NC)cc1. The van der Waals surface area contributed by atoms with E-state index in [2.05, 4.69) is 10.6 Å². The third kappa shape index (κ3) is 2.97. The van der Waals surface area contributed by atoms with Gasteiger partial charge in [-0.25, -0.2) is 4.79 Å². The van der Waals surface area contributed by atoms with Gasteiger partial charge in [-0.2, -0.15) is 0 Å². The van der Waals surface area contributed by atoms with Crippen molar-refractivity contribution in [1.82, 2.24) is 5.32 Å². The van der Waals surface area contributed by atoms with Crippen molar-refractivity contribution in [2.75, 3.05) is 19.4 Å². The minimum absolute atomic E-state index is 0.295. The van der Waals surface area contributed by atoms with Crippen LogP contribution in [0.3, 0.4) is 0 Å². The zero-order chi connectivity index (χ0) is 10.4. The van der Waals surface area contributed by atoms with Gasteiger partial charge in [-0.3, -0.25) is 0 Å². The monoisotopic (exact) mass is 194 g/mol. The number of anilines is 1. The van der Waals surface area contributed by atoms with E-state index in [1.165, 1.54) is 7.05 Å². The molecule has 0 aliphatic carbocycles. The maximum atomic E-state index is 10.8. The topological polar surface area (TPSA) is 50.4 Å². The fourth-order valence-corrected chi connectivity index (χ4v) is 0.989. The van der Waals surface area contributed by atoms with Gasteiger partial charge in [0.05, 0.1) is 0 Å². The number of hydrogen-bond acceptors (Lipinski definition) is 3. The van der Waals surface area contributed by atoms with Gasteiger partial charge in [0.1, 0.15) is 6.61 Å². The van der Waals surface area contributed by atoms with E-state index in [-0.39, 0.29) is 0 Å². The summed E-state index contributed by atoms with van der Waals surface area (Å²) in [6.07, 6.45) is -0.414. The number of alkyl carbamates (subject to hydrolysis) is 1. The molecule has 2 N–H and O–H groups in total. The fourth-order valence-electron chi connectivity index (χ4n) is 0.989. The van der Waals surface area contributed by atoms with E-state index >= 15 is 0 Å². The first-order chi connectivity index (χ1) is 6.76. The number of benzene rings is 1. The van der Waals surface area contributed by atoms with Crippen LogP contribution in [0, 0.1) is 0 Å². The molecule has 1 amide bonds. The molecule has 0 heterocycles. The van der Waals surface area contributed by atoms with Crippen LogP contribution in [0.5, 0.6) is 0 Å². The zero-order valence-corrected chi connectivity index (χ0v) is 8.33. The number of rotatable bonds is 3. The summed E-state index contributed by atoms with van der Waals surface area (Å²) in [4.78, 5) is 10.8. The molecule has 0 aromatic heterocycles. The molecule has 4 heteroatoms. The molecule has 4 nitrogen and oxygen atoms in total. The van der Waals surface area contributed by atoms with E-state index in [4.69, 9.17) is 4.74 Å². The van der Waals surface area contributed by atoms with Crippen LogP contribution < -0.4 is 10.6 Å². The molecule has 0 unspecified atom stereocenters. The quantitative estimate of drug-likeness (QED) is 0.768.